The summed E-state index contributed by atoms with van der Waals surface area (Å²) in [6.45, 7) is 3.81. The fraction of sp³-hybridized carbons (Fsp3) is 0.143. The highest BCUT2D eigenvalue weighted by atomic mass is 79.9. The number of aryl methyl sites for hydroxylation is 2. The van der Waals surface area contributed by atoms with Crippen LogP contribution in [-0.2, 0) is 10.0 Å². The number of nitrogens with two attached hydrogens (primary N) is 1. The van der Waals surface area contributed by atoms with Crippen LogP contribution in [0.3, 0.4) is 0 Å². The minimum Gasteiger partial charge on any atom is -0.324 e. The number of nitrogens with one attached hydrogen (secondary N) is 2. The highest BCUT2D eigenvalue weighted by Crippen LogP contribution is 2.30. The Kier molecular flexibility index (Phi) is 4.55. The first-order chi connectivity index (χ1) is 9.83. The molecule has 0 saturated carbocycles. The third-order valence-corrected chi connectivity index (χ3v) is 4.99. The van der Waals surface area contributed by atoms with Crippen molar-refractivity contribution in [3.63, 3.8) is 0 Å². The summed E-state index contributed by atoms with van der Waals surface area (Å²) in [5.74, 6) is 5.27. The Morgan fingerprint density at radius 3 is 2.24 bits per heavy atom. The molecule has 2 aromatic carbocycles. The van der Waals surface area contributed by atoms with Gasteiger partial charge in [-0.05, 0) is 71.2 Å². The molecule has 0 unspecified atom stereocenters. The molecule has 0 bridgehead atoms. The molecule has 0 aliphatic rings. The van der Waals surface area contributed by atoms with E-state index in [1.165, 1.54) is 12.1 Å². The highest BCUT2D eigenvalue weighted by Gasteiger charge is 2.17. The molecule has 2 aromatic rings. The van der Waals surface area contributed by atoms with Crippen molar-refractivity contribution in [2.45, 2.75) is 18.7 Å². The average molecular weight is 370 g/mol. The molecule has 0 aliphatic heterocycles. The van der Waals surface area contributed by atoms with Gasteiger partial charge in [0.1, 0.15) is 0 Å². The molecule has 21 heavy (non-hydrogen) atoms. The zero-order valence-corrected chi connectivity index (χ0v) is 14.0. The van der Waals surface area contributed by atoms with Gasteiger partial charge in [0.2, 0.25) is 0 Å². The maximum Gasteiger partial charge on any atom is 0.261 e. The van der Waals surface area contributed by atoms with Crippen molar-refractivity contribution in [1.29, 1.82) is 0 Å². The lowest BCUT2D eigenvalue weighted by atomic mass is 10.1. The van der Waals surface area contributed by atoms with Crippen LogP contribution in [0, 0.1) is 13.8 Å². The van der Waals surface area contributed by atoms with Crippen molar-refractivity contribution in [3.8, 4) is 0 Å². The van der Waals surface area contributed by atoms with E-state index in [0.29, 0.717) is 15.8 Å². The van der Waals surface area contributed by atoms with Crippen LogP contribution in [0.5, 0.6) is 0 Å². The smallest absolute Gasteiger partial charge is 0.261 e. The van der Waals surface area contributed by atoms with Crippen LogP contribution >= 0.6 is 15.9 Å². The van der Waals surface area contributed by atoms with Gasteiger partial charge >= 0.3 is 0 Å². The predicted octanol–water partition coefficient (Wildman–Crippen LogP) is 3.15. The van der Waals surface area contributed by atoms with Gasteiger partial charge in [-0.1, -0.05) is 6.07 Å². The number of hydrazine groups is 1. The second kappa shape index (κ2) is 6.05. The van der Waals surface area contributed by atoms with Crippen LogP contribution in [0.4, 0.5) is 11.4 Å². The Bertz CT molecular complexity index is 735. The monoisotopic (exact) mass is 369 g/mol. The highest BCUT2D eigenvalue weighted by molar-refractivity contribution is 9.10. The standard InChI is InChI=1S/C14H16BrN3O2S/c1-9-7-10(2)14(13(15)8-9)18-21(19,20)12-5-3-11(17-16)4-6-12/h3-8,17-18H,16H2,1-2H3. The lowest BCUT2D eigenvalue weighted by molar-refractivity contribution is 0.601. The van der Waals surface area contributed by atoms with E-state index in [9.17, 15) is 8.42 Å². The minimum atomic E-state index is -3.64. The van der Waals surface area contributed by atoms with Gasteiger partial charge in [-0.3, -0.25) is 10.6 Å². The Labute approximate surface area is 132 Å². The summed E-state index contributed by atoms with van der Waals surface area (Å²) in [6.07, 6.45) is 0. The maximum absolute atomic E-state index is 12.4. The molecule has 0 saturated heterocycles. The Morgan fingerprint density at radius 1 is 1.10 bits per heavy atom. The molecule has 7 heteroatoms. The molecule has 0 amide bonds. The van der Waals surface area contributed by atoms with Crippen LogP contribution in [0.2, 0.25) is 0 Å². The molecule has 112 valence electrons. The van der Waals surface area contributed by atoms with Gasteiger partial charge in [0, 0.05) is 10.2 Å². The van der Waals surface area contributed by atoms with Crippen molar-refractivity contribution in [2.75, 3.05) is 10.1 Å². The zero-order chi connectivity index (χ0) is 15.6. The van der Waals surface area contributed by atoms with Crippen molar-refractivity contribution in [1.82, 2.24) is 0 Å². The topological polar surface area (TPSA) is 84.2 Å². The van der Waals surface area contributed by atoms with Crippen LogP contribution in [0.25, 0.3) is 0 Å². The van der Waals surface area contributed by atoms with E-state index in [0.717, 1.165) is 11.1 Å². The van der Waals surface area contributed by atoms with Crippen molar-refractivity contribution >= 4 is 37.3 Å². The Hall–Kier alpha value is -1.57. The Balaban J connectivity index is 2.37. The van der Waals surface area contributed by atoms with E-state index >= 15 is 0 Å². The van der Waals surface area contributed by atoms with Gasteiger partial charge in [0.15, 0.2) is 0 Å². The van der Waals surface area contributed by atoms with E-state index in [1.807, 2.05) is 26.0 Å². The summed E-state index contributed by atoms with van der Waals surface area (Å²) in [5.41, 5.74) is 5.55. The summed E-state index contributed by atoms with van der Waals surface area (Å²) in [4.78, 5) is 0.174. The van der Waals surface area contributed by atoms with E-state index in [-0.39, 0.29) is 4.90 Å². The summed E-state index contributed by atoms with van der Waals surface area (Å²) >= 11 is 3.39. The third kappa shape index (κ3) is 3.55. The maximum atomic E-state index is 12.4. The average Bonchev–Trinajstić information content (AvgIpc) is 2.43. The molecule has 5 nitrogen and oxygen atoms in total. The molecular formula is C14H16BrN3O2S. The summed E-state index contributed by atoms with van der Waals surface area (Å²) < 4.78 is 28.1. The van der Waals surface area contributed by atoms with Gasteiger partial charge in [0.25, 0.3) is 10.0 Å². The van der Waals surface area contributed by atoms with Crippen molar-refractivity contribution in [3.05, 3.63) is 52.0 Å². The first kappa shape index (κ1) is 15.8. The van der Waals surface area contributed by atoms with Crippen molar-refractivity contribution < 1.29 is 8.42 Å². The normalized spacial score (nSPS) is 11.2. The van der Waals surface area contributed by atoms with Gasteiger partial charge in [0.05, 0.1) is 10.6 Å². The number of nitrogen functional groups attached to an aromatic ring is 1. The second-order valence-electron chi connectivity index (χ2n) is 4.71. The predicted molar refractivity (Wildman–Crippen MR) is 88.7 cm³/mol. The molecule has 0 spiro atoms. The molecule has 2 rings (SSSR count). The largest absolute Gasteiger partial charge is 0.324 e. The molecule has 0 atom stereocenters. The number of rotatable bonds is 4. The number of hydrogen-bond donors (Lipinski definition) is 3. The summed E-state index contributed by atoms with van der Waals surface area (Å²) in [7, 11) is -3.64. The van der Waals surface area contributed by atoms with Crippen LogP contribution in [0.15, 0.2) is 45.8 Å². The fourth-order valence-corrected chi connectivity index (χ4v) is 4.02. The lowest BCUT2D eigenvalue weighted by Crippen LogP contribution is -2.14. The number of halogens is 1. The third-order valence-electron chi connectivity index (χ3n) is 3.00. The van der Waals surface area contributed by atoms with Crippen LogP contribution < -0.4 is 16.0 Å². The first-order valence-corrected chi connectivity index (χ1v) is 8.47. The van der Waals surface area contributed by atoms with Gasteiger partial charge in [-0.25, -0.2) is 8.42 Å². The second-order valence-corrected chi connectivity index (χ2v) is 7.25. The number of benzene rings is 2. The molecule has 0 fully saturated rings. The van der Waals surface area contributed by atoms with Gasteiger partial charge in [-0.15, -0.1) is 0 Å². The minimum absolute atomic E-state index is 0.174. The van der Waals surface area contributed by atoms with Crippen LogP contribution in [0.1, 0.15) is 11.1 Å². The molecular weight excluding hydrogens is 354 g/mol. The van der Waals surface area contributed by atoms with E-state index < -0.39 is 10.0 Å². The van der Waals surface area contributed by atoms with Crippen molar-refractivity contribution in [2.24, 2.45) is 5.84 Å². The van der Waals surface area contributed by atoms with E-state index in [2.05, 4.69) is 26.1 Å². The zero-order valence-electron chi connectivity index (χ0n) is 11.6. The fourth-order valence-electron chi connectivity index (χ4n) is 1.97. The lowest BCUT2D eigenvalue weighted by Gasteiger charge is -2.13. The SMILES string of the molecule is Cc1cc(C)c(NS(=O)(=O)c2ccc(NN)cc2)c(Br)c1. The Morgan fingerprint density at radius 2 is 1.71 bits per heavy atom. The summed E-state index contributed by atoms with van der Waals surface area (Å²) in [6, 6.07) is 9.98. The quantitative estimate of drug-likeness (QED) is 0.570. The summed E-state index contributed by atoms with van der Waals surface area (Å²) in [5, 5.41) is 0. The molecule has 0 heterocycles. The van der Waals surface area contributed by atoms with Crippen LogP contribution in [-0.4, -0.2) is 8.42 Å². The number of anilines is 2. The first-order valence-electron chi connectivity index (χ1n) is 6.20. The number of hydrogen-bond acceptors (Lipinski definition) is 4. The molecule has 0 radical (unpaired) electrons. The molecule has 0 aromatic heterocycles. The van der Waals surface area contributed by atoms with Gasteiger partial charge < -0.3 is 5.43 Å². The molecule has 4 N–H and O–H groups in total. The van der Waals surface area contributed by atoms with E-state index in [4.69, 9.17) is 5.84 Å². The van der Waals surface area contributed by atoms with E-state index in [1.54, 1.807) is 12.1 Å². The molecule has 0 aliphatic carbocycles. The number of sulfonamides is 1. The van der Waals surface area contributed by atoms with Gasteiger partial charge in [-0.2, -0.15) is 0 Å².